The Hall–Kier alpha value is -4.15. The number of rotatable bonds is 15. The van der Waals surface area contributed by atoms with E-state index in [0.717, 1.165) is 11.1 Å². The molecule has 0 saturated heterocycles. The minimum absolute atomic E-state index is 0.0519. The number of carbonyl (C=O) groups is 5. The average molecular weight is 485 g/mol. The van der Waals surface area contributed by atoms with Crippen molar-refractivity contribution in [2.75, 3.05) is 0 Å². The Morgan fingerprint density at radius 3 is 2.06 bits per heavy atom. The molecule has 5 N–H and O–H groups in total. The van der Waals surface area contributed by atoms with E-state index in [2.05, 4.69) is 15.3 Å². The van der Waals surface area contributed by atoms with Crippen molar-refractivity contribution >= 4 is 29.5 Å². The second kappa shape index (κ2) is 13.5. The summed E-state index contributed by atoms with van der Waals surface area (Å²) in [5, 5.41) is 20.3. The number of hydrogen-bond donors (Lipinski definition) is 4. The molecule has 0 fully saturated rings. The van der Waals surface area contributed by atoms with Crippen LogP contribution in [0.5, 0.6) is 0 Å². The third kappa shape index (κ3) is 9.70. The van der Waals surface area contributed by atoms with Gasteiger partial charge in [-0.3, -0.25) is 24.0 Å². The van der Waals surface area contributed by atoms with Crippen LogP contribution in [0.3, 0.4) is 0 Å². The fraction of sp³-hybridized carbons (Fsp3) is 0.375. The molecule has 1 aromatic carbocycles. The lowest BCUT2D eigenvalue weighted by Crippen LogP contribution is -2.43. The Labute approximate surface area is 201 Å². The zero-order valence-corrected chi connectivity index (χ0v) is 19.1. The maximum atomic E-state index is 12.7. The molecular formula is C24H28N4O7. The molecule has 0 spiro atoms. The van der Waals surface area contributed by atoms with E-state index in [-0.39, 0.29) is 38.5 Å². The van der Waals surface area contributed by atoms with Crippen molar-refractivity contribution in [2.24, 2.45) is 11.7 Å². The number of aliphatic carboxylic acids is 2. The molecule has 11 heteroatoms. The number of aromatic nitrogens is 2. The molecule has 2 atom stereocenters. The number of carboxylic acid groups (broad SMARTS) is 2. The van der Waals surface area contributed by atoms with Crippen molar-refractivity contribution in [1.82, 2.24) is 15.3 Å². The topological polar surface area (TPSA) is 190 Å². The fourth-order valence-corrected chi connectivity index (χ4v) is 3.40. The lowest BCUT2D eigenvalue weighted by molar-refractivity contribution is -0.139. The molecule has 35 heavy (non-hydrogen) atoms. The van der Waals surface area contributed by atoms with Gasteiger partial charge in [0.05, 0.1) is 6.04 Å². The van der Waals surface area contributed by atoms with Crippen LogP contribution in [0.25, 0.3) is 11.4 Å². The van der Waals surface area contributed by atoms with E-state index in [9.17, 15) is 24.0 Å². The first-order valence-electron chi connectivity index (χ1n) is 11.1. The smallest absolute Gasteiger partial charge is 0.303 e. The zero-order chi connectivity index (χ0) is 25.8. The van der Waals surface area contributed by atoms with Crippen LogP contribution in [0.4, 0.5) is 0 Å². The molecule has 0 saturated carbocycles. The predicted molar refractivity (Wildman–Crippen MR) is 124 cm³/mol. The predicted octanol–water partition coefficient (Wildman–Crippen LogP) is 1.35. The summed E-state index contributed by atoms with van der Waals surface area (Å²) in [6.45, 7) is 0. The molecule has 1 aromatic heterocycles. The Kier molecular flexibility index (Phi) is 10.5. The zero-order valence-electron chi connectivity index (χ0n) is 19.1. The number of Topliss-reactive ketones (excluding diaryl/α,β-unsaturated/α-hetero) is 1. The summed E-state index contributed by atoms with van der Waals surface area (Å²) < 4.78 is 0. The van der Waals surface area contributed by atoms with Gasteiger partial charge in [0.1, 0.15) is 0 Å². The molecule has 0 aliphatic heterocycles. The van der Waals surface area contributed by atoms with Crippen molar-refractivity contribution in [3.8, 4) is 11.4 Å². The van der Waals surface area contributed by atoms with E-state index in [1.807, 2.05) is 24.3 Å². The van der Waals surface area contributed by atoms with Crippen LogP contribution in [0.15, 0.2) is 42.7 Å². The van der Waals surface area contributed by atoms with Gasteiger partial charge in [0, 0.05) is 49.6 Å². The number of carboxylic acids is 2. The summed E-state index contributed by atoms with van der Waals surface area (Å²) >= 11 is 0. The van der Waals surface area contributed by atoms with E-state index in [1.54, 1.807) is 18.5 Å². The van der Waals surface area contributed by atoms with Crippen LogP contribution in [0.2, 0.25) is 0 Å². The summed E-state index contributed by atoms with van der Waals surface area (Å²) in [5.41, 5.74) is 6.98. The van der Waals surface area contributed by atoms with E-state index in [4.69, 9.17) is 15.9 Å². The lowest BCUT2D eigenvalue weighted by atomic mass is 9.92. The second-order valence-electron chi connectivity index (χ2n) is 8.02. The van der Waals surface area contributed by atoms with E-state index in [1.165, 1.54) is 0 Å². The Morgan fingerprint density at radius 2 is 1.49 bits per heavy atom. The molecule has 0 radical (unpaired) electrons. The Balaban J connectivity index is 1.96. The van der Waals surface area contributed by atoms with E-state index in [0.29, 0.717) is 12.2 Å². The number of amides is 2. The van der Waals surface area contributed by atoms with Crippen molar-refractivity contribution in [3.63, 3.8) is 0 Å². The third-order valence-corrected chi connectivity index (χ3v) is 5.35. The van der Waals surface area contributed by atoms with Gasteiger partial charge in [0.25, 0.3) is 0 Å². The fourth-order valence-electron chi connectivity index (χ4n) is 3.40. The highest BCUT2D eigenvalue weighted by molar-refractivity contribution is 5.92. The number of nitrogens with zero attached hydrogens (tertiary/aromatic N) is 2. The minimum atomic E-state index is -1.14. The molecule has 0 bridgehead atoms. The summed E-state index contributed by atoms with van der Waals surface area (Å²) in [7, 11) is 0. The van der Waals surface area contributed by atoms with Crippen molar-refractivity contribution in [2.45, 2.75) is 51.0 Å². The summed E-state index contributed by atoms with van der Waals surface area (Å²) in [6, 6.07) is 7.95. The van der Waals surface area contributed by atoms with Crippen LogP contribution in [-0.2, 0) is 30.4 Å². The van der Waals surface area contributed by atoms with Gasteiger partial charge in [-0.15, -0.1) is 0 Å². The normalized spacial score (nSPS) is 12.3. The van der Waals surface area contributed by atoms with Crippen LogP contribution in [-0.4, -0.2) is 55.8 Å². The minimum Gasteiger partial charge on any atom is -0.481 e. The number of nitrogens with one attached hydrogen (secondary N) is 1. The standard InChI is InChI=1S/C24H28N4O7/c25-23(35)17(7-10-21(31)32)14-19(29)18(8-11-22(33)34)28-20(30)9-4-15-2-5-16(6-3-15)24-26-12-1-13-27-24/h1-3,5-6,12-13,17-18H,4,7-11,14H2,(H2,25,35)(H,28,30)(H,31,32)(H,33,34)/t17-,18+/m1/s1. The van der Waals surface area contributed by atoms with Crippen molar-refractivity contribution in [3.05, 3.63) is 48.3 Å². The maximum Gasteiger partial charge on any atom is 0.303 e. The molecular weight excluding hydrogens is 456 g/mol. The highest BCUT2D eigenvalue weighted by Gasteiger charge is 2.27. The molecule has 1 heterocycles. The summed E-state index contributed by atoms with van der Waals surface area (Å²) in [5.74, 6) is -4.57. The molecule has 2 aromatic rings. The van der Waals surface area contributed by atoms with Crippen LogP contribution in [0, 0.1) is 5.92 Å². The van der Waals surface area contributed by atoms with Crippen molar-refractivity contribution < 1.29 is 34.2 Å². The van der Waals surface area contributed by atoms with Gasteiger partial charge in [-0.25, -0.2) is 9.97 Å². The molecule has 0 aliphatic carbocycles. The number of benzene rings is 1. The number of ketones is 1. The number of nitrogens with two attached hydrogens (primary N) is 1. The van der Waals surface area contributed by atoms with Gasteiger partial charge in [-0.2, -0.15) is 0 Å². The first-order valence-corrected chi connectivity index (χ1v) is 11.1. The lowest BCUT2D eigenvalue weighted by Gasteiger charge is -2.19. The van der Waals surface area contributed by atoms with Gasteiger partial charge in [-0.1, -0.05) is 24.3 Å². The maximum absolute atomic E-state index is 12.7. The summed E-state index contributed by atoms with van der Waals surface area (Å²) in [6.07, 6.45) is 2.34. The quantitative estimate of drug-likeness (QED) is 0.289. The second-order valence-corrected chi connectivity index (χ2v) is 8.02. The van der Waals surface area contributed by atoms with Gasteiger partial charge < -0.3 is 21.3 Å². The average Bonchev–Trinajstić information content (AvgIpc) is 2.83. The highest BCUT2D eigenvalue weighted by Crippen LogP contribution is 2.17. The Bertz CT molecular complexity index is 1040. The molecule has 2 rings (SSSR count). The first kappa shape index (κ1) is 27.1. The van der Waals surface area contributed by atoms with Crippen LogP contribution in [0.1, 0.15) is 44.1 Å². The van der Waals surface area contributed by atoms with Gasteiger partial charge in [-0.05, 0) is 30.9 Å². The molecule has 186 valence electrons. The Morgan fingerprint density at radius 1 is 0.886 bits per heavy atom. The number of primary amides is 1. The molecule has 0 aliphatic rings. The van der Waals surface area contributed by atoms with E-state index < -0.39 is 41.5 Å². The van der Waals surface area contributed by atoms with Gasteiger partial charge in [0.15, 0.2) is 11.6 Å². The number of carbonyl (C=O) groups excluding carboxylic acids is 3. The first-order chi connectivity index (χ1) is 16.7. The van der Waals surface area contributed by atoms with Gasteiger partial charge >= 0.3 is 11.9 Å². The molecule has 0 unspecified atom stereocenters. The number of aryl methyl sites for hydroxylation is 1. The van der Waals surface area contributed by atoms with E-state index >= 15 is 0 Å². The highest BCUT2D eigenvalue weighted by atomic mass is 16.4. The largest absolute Gasteiger partial charge is 0.481 e. The van der Waals surface area contributed by atoms with Crippen molar-refractivity contribution in [1.29, 1.82) is 0 Å². The summed E-state index contributed by atoms with van der Waals surface area (Å²) in [4.78, 5) is 67.0. The van der Waals surface area contributed by atoms with Gasteiger partial charge in [0.2, 0.25) is 11.8 Å². The third-order valence-electron chi connectivity index (χ3n) is 5.35. The molecule has 2 amide bonds. The monoisotopic (exact) mass is 484 g/mol. The van der Waals surface area contributed by atoms with Crippen LogP contribution < -0.4 is 11.1 Å². The number of hydrogen-bond acceptors (Lipinski definition) is 7. The molecule has 11 nitrogen and oxygen atoms in total. The SMILES string of the molecule is NC(=O)[C@H](CCC(=O)O)CC(=O)[C@H](CCC(=O)O)NC(=O)CCc1ccc(-c2ncccn2)cc1. The van der Waals surface area contributed by atoms with Crippen LogP contribution >= 0.6 is 0 Å².